The topological polar surface area (TPSA) is 20.2 Å². The van der Waals surface area contributed by atoms with E-state index in [0.717, 1.165) is 17.8 Å². The van der Waals surface area contributed by atoms with E-state index >= 15 is 0 Å². The van der Waals surface area contributed by atoms with Gasteiger partial charge in [-0.25, -0.2) is 0 Å². The third kappa shape index (κ3) is 1.43. The molecule has 0 aromatic carbocycles. The number of aliphatic hydroxyl groups is 1. The first kappa shape index (κ1) is 12.7. The molecule has 18 heavy (non-hydrogen) atoms. The molecule has 3 aliphatic carbocycles. The van der Waals surface area contributed by atoms with Gasteiger partial charge in [-0.15, -0.1) is 6.58 Å². The summed E-state index contributed by atoms with van der Waals surface area (Å²) in [5, 5.41) is 10.4. The highest BCUT2D eigenvalue weighted by molar-refractivity contribution is 5.15. The highest BCUT2D eigenvalue weighted by Crippen LogP contribution is 2.71. The molecule has 0 aliphatic heterocycles. The van der Waals surface area contributed by atoms with Gasteiger partial charge in [0.2, 0.25) is 0 Å². The summed E-state index contributed by atoms with van der Waals surface area (Å²) in [4.78, 5) is 0. The highest BCUT2D eigenvalue weighted by atomic mass is 16.3. The minimum atomic E-state index is -0.290. The SMILES string of the molecule is C=C[C@H](O)[C@H]1[C@H]2CC[C@@H]3[C@@H]2C(C)(C)CCC[C@]13C. The van der Waals surface area contributed by atoms with Crippen LogP contribution in [0.3, 0.4) is 0 Å². The Labute approximate surface area is 112 Å². The van der Waals surface area contributed by atoms with E-state index in [1.165, 1.54) is 32.1 Å². The number of aliphatic hydroxyl groups excluding tert-OH is 1. The molecule has 1 heteroatoms. The van der Waals surface area contributed by atoms with Crippen LogP contribution in [0.25, 0.3) is 0 Å². The van der Waals surface area contributed by atoms with Crippen molar-refractivity contribution in [1.29, 1.82) is 0 Å². The van der Waals surface area contributed by atoms with Crippen LogP contribution in [0.1, 0.15) is 52.9 Å². The maximum Gasteiger partial charge on any atom is 0.0754 e. The molecule has 6 atom stereocenters. The van der Waals surface area contributed by atoms with Gasteiger partial charge in [-0.05, 0) is 60.2 Å². The minimum absolute atomic E-state index is 0.290. The van der Waals surface area contributed by atoms with Gasteiger partial charge in [0.05, 0.1) is 6.10 Å². The van der Waals surface area contributed by atoms with Crippen LogP contribution < -0.4 is 0 Å². The average Bonchev–Trinajstić information content (AvgIpc) is 2.79. The van der Waals surface area contributed by atoms with Crippen molar-refractivity contribution in [3.63, 3.8) is 0 Å². The molecule has 4 bridgehead atoms. The van der Waals surface area contributed by atoms with Gasteiger partial charge in [0.1, 0.15) is 0 Å². The van der Waals surface area contributed by atoms with Gasteiger partial charge in [-0.2, -0.15) is 0 Å². The second-order valence-electron chi connectivity index (χ2n) is 7.97. The lowest BCUT2D eigenvalue weighted by atomic mass is 9.63. The van der Waals surface area contributed by atoms with E-state index in [1.54, 1.807) is 6.08 Å². The fourth-order valence-corrected chi connectivity index (χ4v) is 6.27. The van der Waals surface area contributed by atoms with Crippen LogP contribution in [-0.4, -0.2) is 11.2 Å². The van der Waals surface area contributed by atoms with Gasteiger partial charge in [0, 0.05) is 0 Å². The molecule has 1 N–H and O–H groups in total. The van der Waals surface area contributed by atoms with Crippen molar-refractivity contribution >= 4 is 0 Å². The second kappa shape index (κ2) is 3.85. The molecule has 0 saturated heterocycles. The average molecular weight is 248 g/mol. The highest BCUT2D eigenvalue weighted by Gasteiger charge is 2.65. The zero-order chi connectivity index (χ0) is 13.1. The van der Waals surface area contributed by atoms with Crippen LogP contribution in [0.2, 0.25) is 0 Å². The molecule has 0 radical (unpaired) electrons. The summed E-state index contributed by atoms with van der Waals surface area (Å²) in [6.45, 7) is 11.2. The predicted octanol–water partition coefficient (Wildman–Crippen LogP) is 4.02. The predicted molar refractivity (Wildman–Crippen MR) is 75.1 cm³/mol. The lowest BCUT2D eigenvalue weighted by Gasteiger charge is -2.43. The Bertz CT molecular complexity index is 359. The molecule has 3 saturated carbocycles. The zero-order valence-electron chi connectivity index (χ0n) is 12.2. The van der Waals surface area contributed by atoms with Crippen LogP contribution in [0.15, 0.2) is 12.7 Å². The standard InChI is InChI=1S/C17H28O/c1-5-13(18)15-11-7-8-12-14(11)16(2,3)9-6-10-17(12,15)4/h5,11-15,18H,1,6-10H2,2-4H3/t11-,12+,13-,14+,15+,17-/m0/s1. The molecular formula is C17H28O. The van der Waals surface area contributed by atoms with E-state index < -0.39 is 0 Å². The maximum absolute atomic E-state index is 10.4. The monoisotopic (exact) mass is 248 g/mol. The molecule has 0 heterocycles. The summed E-state index contributed by atoms with van der Waals surface area (Å²) >= 11 is 0. The van der Waals surface area contributed by atoms with E-state index in [-0.39, 0.29) is 6.10 Å². The van der Waals surface area contributed by atoms with E-state index in [2.05, 4.69) is 27.4 Å². The van der Waals surface area contributed by atoms with Gasteiger partial charge in [0.25, 0.3) is 0 Å². The second-order valence-corrected chi connectivity index (χ2v) is 7.97. The molecule has 3 fully saturated rings. The zero-order valence-corrected chi connectivity index (χ0v) is 12.2. The third-order valence-electron chi connectivity index (χ3n) is 6.82. The molecule has 0 spiro atoms. The molecule has 1 nitrogen and oxygen atoms in total. The molecule has 0 aromatic rings. The number of rotatable bonds is 2. The molecule has 3 aliphatic rings. The first-order chi connectivity index (χ1) is 8.42. The van der Waals surface area contributed by atoms with E-state index in [1.807, 2.05) is 0 Å². The Hall–Kier alpha value is -0.300. The molecule has 102 valence electrons. The van der Waals surface area contributed by atoms with Crippen LogP contribution in [0, 0.1) is 34.5 Å². The van der Waals surface area contributed by atoms with Crippen LogP contribution in [-0.2, 0) is 0 Å². The largest absolute Gasteiger partial charge is 0.389 e. The van der Waals surface area contributed by atoms with Crippen LogP contribution in [0.5, 0.6) is 0 Å². The molecule has 0 aromatic heterocycles. The van der Waals surface area contributed by atoms with E-state index in [0.29, 0.717) is 16.7 Å². The summed E-state index contributed by atoms with van der Waals surface area (Å²) in [5.41, 5.74) is 0.841. The molecular weight excluding hydrogens is 220 g/mol. The molecule has 0 amide bonds. The maximum atomic E-state index is 10.4. The number of hydrogen-bond acceptors (Lipinski definition) is 1. The normalized spacial score (nSPS) is 50.9. The Kier molecular flexibility index (Phi) is 2.72. The summed E-state index contributed by atoms with van der Waals surface area (Å²) in [5.74, 6) is 2.89. The fraction of sp³-hybridized carbons (Fsp3) is 0.882. The van der Waals surface area contributed by atoms with Gasteiger partial charge in [-0.3, -0.25) is 0 Å². The van der Waals surface area contributed by atoms with Crippen molar-refractivity contribution in [1.82, 2.24) is 0 Å². The first-order valence-corrected chi connectivity index (χ1v) is 7.72. The summed E-state index contributed by atoms with van der Waals surface area (Å²) in [6.07, 6.45) is 8.25. The quantitative estimate of drug-likeness (QED) is 0.732. The van der Waals surface area contributed by atoms with Gasteiger partial charge in [-0.1, -0.05) is 33.3 Å². The van der Waals surface area contributed by atoms with Crippen LogP contribution in [0.4, 0.5) is 0 Å². The first-order valence-electron chi connectivity index (χ1n) is 7.72. The van der Waals surface area contributed by atoms with Gasteiger partial charge < -0.3 is 5.11 Å². The third-order valence-corrected chi connectivity index (χ3v) is 6.82. The van der Waals surface area contributed by atoms with Crippen molar-refractivity contribution in [2.45, 2.75) is 59.0 Å². The summed E-state index contributed by atoms with van der Waals surface area (Å²) in [7, 11) is 0. The lowest BCUT2D eigenvalue weighted by Crippen LogP contribution is -2.40. The van der Waals surface area contributed by atoms with Crippen molar-refractivity contribution in [2.24, 2.45) is 34.5 Å². The Morgan fingerprint density at radius 3 is 2.61 bits per heavy atom. The van der Waals surface area contributed by atoms with Crippen molar-refractivity contribution in [3.8, 4) is 0 Å². The summed E-state index contributed by atoms with van der Waals surface area (Å²) < 4.78 is 0. The minimum Gasteiger partial charge on any atom is -0.389 e. The van der Waals surface area contributed by atoms with Crippen molar-refractivity contribution in [2.75, 3.05) is 0 Å². The molecule has 0 unspecified atom stereocenters. The van der Waals surface area contributed by atoms with Crippen molar-refractivity contribution < 1.29 is 5.11 Å². The number of hydrogen-bond donors (Lipinski definition) is 1. The van der Waals surface area contributed by atoms with E-state index in [9.17, 15) is 5.11 Å². The Morgan fingerprint density at radius 1 is 1.22 bits per heavy atom. The van der Waals surface area contributed by atoms with Gasteiger partial charge >= 0.3 is 0 Å². The fourth-order valence-electron chi connectivity index (χ4n) is 6.27. The van der Waals surface area contributed by atoms with Gasteiger partial charge in [0.15, 0.2) is 0 Å². The van der Waals surface area contributed by atoms with Crippen LogP contribution >= 0.6 is 0 Å². The van der Waals surface area contributed by atoms with E-state index in [4.69, 9.17) is 0 Å². The Morgan fingerprint density at radius 2 is 1.94 bits per heavy atom. The summed E-state index contributed by atoms with van der Waals surface area (Å²) in [6, 6.07) is 0. The molecule has 3 rings (SSSR count). The Balaban J connectivity index is 2.04. The lowest BCUT2D eigenvalue weighted by molar-refractivity contribution is 0.00216. The van der Waals surface area contributed by atoms with Crippen molar-refractivity contribution in [3.05, 3.63) is 12.7 Å². The smallest absolute Gasteiger partial charge is 0.0754 e.